The largest absolute Gasteiger partial charge is 0.416 e. The summed E-state index contributed by atoms with van der Waals surface area (Å²) in [7, 11) is 0. The number of carbonyl (C=O) groups is 1. The van der Waals surface area contributed by atoms with Crippen molar-refractivity contribution in [1.82, 2.24) is 15.0 Å². The van der Waals surface area contributed by atoms with Crippen LogP contribution in [0.4, 0.5) is 18.9 Å². The number of halogens is 3. The van der Waals surface area contributed by atoms with Gasteiger partial charge in [0.1, 0.15) is 12.1 Å². The van der Waals surface area contributed by atoms with Gasteiger partial charge in [-0.3, -0.25) is 4.79 Å². The maximum absolute atomic E-state index is 12.7. The molecule has 0 aliphatic heterocycles. The molecule has 0 bridgehead atoms. The Hall–Kier alpha value is -2.90. The second kappa shape index (κ2) is 6.19. The zero-order chi connectivity index (χ0) is 18.2. The van der Waals surface area contributed by atoms with Gasteiger partial charge in [-0.1, -0.05) is 11.3 Å². The van der Waals surface area contributed by atoms with Crippen molar-refractivity contribution in [2.75, 3.05) is 5.32 Å². The molecule has 0 saturated carbocycles. The van der Waals surface area contributed by atoms with E-state index in [9.17, 15) is 18.0 Å². The summed E-state index contributed by atoms with van der Waals surface area (Å²) in [6, 6.07) is 8.24. The van der Waals surface area contributed by atoms with Gasteiger partial charge in [-0.15, -0.1) is 5.10 Å². The van der Waals surface area contributed by atoms with Crippen LogP contribution in [0.1, 0.15) is 16.7 Å². The lowest BCUT2D eigenvalue weighted by atomic mass is 10.1. The summed E-state index contributed by atoms with van der Waals surface area (Å²) in [4.78, 5) is 12.2. The molecule has 25 heavy (non-hydrogen) atoms. The summed E-state index contributed by atoms with van der Waals surface area (Å²) in [5.41, 5.74) is 2.72. The van der Waals surface area contributed by atoms with E-state index >= 15 is 0 Å². The van der Waals surface area contributed by atoms with Crippen LogP contribution < -0.4 is 5.32 Å². The molecule has 1 N–H and O–H groups in total. The molecule has 1 aromatic heterocycles. The number of alkyl halides is 3. The molecule has 1 amide bonds. The predicted molar refractivity (Wildman–Crippen MR) is 87.1 cm³/mol. The highest BCUT2D eigenvalue weighted by Gasteiger charge is 2.30. The van der Waals surface area contributed by atoms with Crippen LogP contribution >= 0.6 is 0 Å². The molecule has 0 aliphatic carbocycles. The van der Waals surface area contributed by atoms with Crippen molar-refractivity contribution in [1.29, 1.82) is 0 Å². The van der Waals surface area contributed by atoms with Crippen molar-refractivity contribution in [3.63, 3.8) is 0 Å². The minimum atomic E-state index is -4.46. The van der Waals surface area contributed by atoms with Gasteiger partial charge in [-0.25, -0.2) is 4.68 Å². The van der Waals surface area contributed by atoms with Crippen molar-refractivity contribution in [3.8, 4) is 0 Å². The highest BCUT2D eigenvalue weighted by Crippen LogP contribution is 2.30. The molecule has 0 fully saturated rings. The van der Waals surface area contributed by atoms with Gasteiger partial charge in [0.15, 0.2) is 0 Å². The van der Waals surface area contributed by atoms with Gasteiger partial charge in [0.25, 0.3) is 0 Å². The summed E-state index contributed by atoms with van der Waals surface area (Å²) in [5, 5.41) is 10.4. The van der Waals surface area contributed by atoms with E-state index in [-0.39, 0.29) is 12.2 Å². The van der Waals surface area contributed by atoms with Crippen molar-refractivity contribution < 1.29 is 18.0 Å². The average molecular weight is 348 g/mol. The van der Waals surface area contributed by atoms with Crippen LogP contribution in [0.5, 0.6) is 0 Å². The first-order chi connectivity index (χ1) is 11.7. The molecule has 130 valence electrons. The lowest BCUT2D eigenvalue weighted by molar-refractivity contribution is -0.137. The Balaban J connectivity index is 1.78. The Bertz CT molecular complexity index is 947. The third-order valence-corrected chi connectivity index (χ3v) is 3.90. The maximum atomic E-state index is 12.7. The summed E-state index contributed by atoms with van der Waals surface area (Å²) in [5.74, 6) is -0.482. The van der Waals surface area contributed by atoms with Crippen molar-refractivity contribution in [2.24, 2.45) is 0 Å². The standard InChI is InChI=1S/C17H15F3N4O/c1-10-6-14-15(7-11(10)2)24(23-22-14)9-16(25)21-13-5-3-4-12(8-13)17(18,19)20/h3-8H,9H2,1-2H3,(H,21,25). The number of hydrogen-bond acceptors (Lipinski definition) is 3. The summed E-state index contributed by atoms with van der Waals surface area (Å²) >= 11 is 0. The van der Waals surface area contributed by atoms with Crippen LogP contribution in [0.15, 0.2) is 36.4 Å². The van der Waals surface area contributed by atoms with E-state index in [1.807, 2.05) is 26.0 Å². The smallest absolute Gasteiger partial charge is 0.324 e. The first kappa shape index (κ1) is 16.9. The maximum Gasteiger partial charge on any atom is 0.416 e. The molecule has 0 saturated heterocycles. The number of benzene rings is 2. The van der Waals surface area contributed by atoms with Crippen LogP contribution in [0, 0.1) is 13.8 Å². The number of aromatic nitrogens is 3. The first-order valence-corrected chi connectivity index (χ1v) is 7.51. The second-order valence-corrected chi connectivity index (χ2v) is 5.80. The Morgan fingerprint density at radius 1 is 1.16 bits per heavy atom. The molecular weight excluding hydrogens is 333 g/mol. The Morgan fingerprint density at radius 2 is 1.88 bits per heavy atom. The summed E-state index contributed by atoms with van der Waals surface area (Å²) in [6.45, 7) is 3.75. The zero-order valence-corrected chi connectivity index (χ0v) is 13.6. The lowest BCUT2D eigenvalue weighted by Crippen LogP contribution is -2.20. The number of rotatable bonds is 3. The van der Waals surface area contributed by atoms with E-state index in [2.05, 4.69) is 15.6 Å². The number of nitrogens with zero attached hydrogens (tertiary/aromatic N) is 3. The summed E-state index contributed by atoms with van der Waals surface area (Å²) < 4.78 is 39.6. The fraction of sp³-hybridized carbons (Fsp3) is 0.235. The number of aryl methyl sites for hydroxylation is 2. The molecule has 5 nitrogen and oxygen atoms in total. The fourth-order valence-electron chi connectivity index (χ4n) is 2.45. The number of amides is 1. The number of nitrogens with one attached hydrogen (secondary N) is 1. The normalized spacial score (nSPS) is 11.7. The topological polar surface area (TPSA) is 59.8 Å². The van der Waals surface area contributed by atoms with E-state index in [0.29, 0.717) is 11.0 Å². The van der Waals surface area contributed by atoms with Gasteiger partial charge >= 0.3 is 6.18 Å². The van der Waals surface area contributed by atoms with E-state index < -0.39 is 17.6 Å². The molecule has 0 spiro atoms. The van der Waals surface area contributed by atoms with E-state index in [1.54, 1.807) is 0 Å². The quantitative estimate of drug-likeness (QED) is 0.785. The third-order valence-electron chi connectivity index (χ3n) is 3.90. The third kappa shape index (κ3) is 3.62. The summed E-state index contributed by atoms with van der Waals surface area (Å²) in [6.07, 6.45) is -4.46. The van der Waals surface area contributed by atoms with Crippen LogP contribution in [0.25, 0.3) is 11.0 Å². The van der Waals surface area contributed by atoms with Crippen LogP contribution in [-0.4, -0.2) is 20.9 Å². The Morgan fingerprint density at radius 3 is 2.60 bits per heavy atom. The molecule has 2 aromatic carbocycles. The molecule has 0 aliphatic rings. The van der Waals surface area contributed by atoms with E-state index in [1.165, 1.54) is 16.8 Å². The van der Waals surface area contributed by atoms with E-state index in [0.717, 1.165) is 23.3 Å². The van der Waals surface area contributed by atoms with Crippen LogP contribution in [0.2, 0.25) is 0 Å². The van der Waals surface area contributed by atoms with Gasteiger partial charge in [0, 0.05) is 5.69 Å². The SMILES string of the molecule is Cc1cc2nnn(CC(=O)Nc3cccc(C(F)(F)F)c3)c2cc1C. The van der Waals surface area contributed by atoms with Gasteiger partial charge in [0.05, 0.1) is 11.1 Å². The van der Waals surface area contributed by atoms with Crippen LogP contribution in [-0.2, 0) is 17.5 Å². The van der Waals surface area contributed by atoms with E-state index in [4.69, 9.17) is 0 Å². The molecule has 8 heteroatoms. The van der Waals surface area contributed by atoms with Crippen molar-refractivity contribution >= 4 is 22.6 Å². The Labute approximate surface area is 141 Å². The number of carbonyl (C=O) groups excluding carboxylic acids is 1. The molecule has 0 unspecified atom stereocenters. The zero-order valence-electron chi connectivity index (χ0n) is 13.6. The van der Waals surface area contributed by atoms with Gasteiger partial charge in [-0.2, -0.15) is 13.2 Å². The second-order valence-electron chi connectivity index (χ2n) is 5.80. The van der Waals surface area contributed by atoms with Gasteiger partial charge < -0.3 is 5.32 Å². The minimum absolute atomic E-state index is 0.0799. The van der Waals surface area contributed by atoms with Crippen molar-refractivity contribution in [3.05, 3.63) is 53.1 Å². The minimum Gasteiger partial charge on any atom is -0.324 e. The number of anilines is 1. The highest BCUT2D eigenvalue weighted by atomic mass is 19.4. The molecule has 3 aromatic rings. The monoisotopic (exact) mass is 348 g/mol. The average Bonchev–Trinajstić information content (AvgIpc) is 2.89. The number of hydrogen-bond donors (Lipinski definition) is 1. The highest BCUT2D eigenvalue weighted by molar-refractivity contribution is 5.91. The number of fused-ring (bicyclic) bond motifs is 1. The molecule has 0 atom stereocenters. The predicted octanol–water partition coefficient (Wildman–Crippen LogP) is 3.71. The Kier molecular flexibility index (Phi) is 4.20. The fourth-order valence-corrected chi connectivity index (χ4v) is 2.45. The molecular formula is C17H15F3N4O. The molecule has 1 heterocycles. The lowest BCUT2D eigenvalue weighted by Gasteiger charge is -2.10. The first-order valence-electron chi connectivity index (χ1n) is 7.51. The molecule has 0 radical (unpaired) electrons. The van der Waals surface area contributed by atoms with Gasteiger partial charge in [0.2, 0.25) is 5.91 Å². The van der Waals surface area contributed by atoms with Gasteiger partial charge in [-0.05, 0) is 55.3 Å². The van der Waals surface area contributed by atoms with Crippen LogP contribution in [0.3, 0.4) is 0 Å². The van der Waals surface area contributed by atoms with Crippen molar-refractivity contribution in [2.45, 2.75) is 26.6 Å². The molecule has 3 rings (SSSR count).